The molecular weight excluding hydrogens is 523 g/mol. The van der Waals surface area contributed by atoms with E-state index in [-0.39, 0.29) is 35.7 Å². The zero-order chi connectivity index (χ0) is 23.0. The summed E-state index contributed by atoms with van der Waals surface area (Å²) in [4.78, 5) is 13.9. The number of hydrogen-bond acceptors (Lipinski definition) is 6. The number of likely N-dealkylation sites (N-methyl/N-ethyl adjacent to an activating group) is 1. The van der Waals surface area contributed by atoms with Crippen LogP contribution in [-0.2, 0) is 4.74 Å². The molecule has 7 nitrogen and oxygen atoms in total. The van der Waals surface area contributed by atoms with Gasteiger partial charge in [-0.25, -0.2) is 8.78 Å². The number of nitrogens with two attached hydrogens (primary N) is 1. The molecule has 0 aliphatic carbocycles. The second-order valence-corrected chi connectivity index (χ2v) is 8.23. The van der Waals surface area contributed by atoms with Crippen LogP contribution in [0.4, 0.5) is 20.2 Å². The summed E-state index contributed by atoms with van der Waals surface area (Å²) in [5, 5.41) is 12.9. The number of ether oxygens (including phenoxy) is 2. The number of primary amides is 1. The van der Waals surface area contributed by atoms with Gasteiger partial charge in [-0.3, -0.25) is 4.79 Å². The maximum absolute atomic E-state index is 14.2. The summed E-state index contributed by atoms with van der Waals surface area (Å²) in [6.07, 6.45) is -0.438. The molecule has 10 heteroatoms. The predicted molar refractivity (Wildman–Crippen MR) is 123 cm³/mol. The van der Waals surface area contributed by atoms with Gasteiger partial charge < -0.3 is 30.5 Å². The molecule has 0 fully saturated rings. The first kappa shape index (κ1) is 25.2. The van der Waals surface area contributed by atoms with Crippen LogP contribution in [0.25, 0.3) is 0 Å². The van der Waals surface area contributed by atoms with Gasteiger partial charge in [0.2, 0.25) is 0 Å². The van der Waals surface area contributed by atoms with Crippen molar-refractivity contribution in [1.29, 1.82) is 0 Å². The number of anilines is 2. The fraction of sp³-hybridized carbons (Fsp3) is 0.381. The Morgan fingerprint density at radius 1 is 1.26 bits per heavy atom. The lowest BCUT2D eigenvalue weighted by Crippen LogP contribution is -2.32. The number of aliphatic hydroxyl groups is 1. The summed E-state index contributed by atoms with van der Waals surface area (Å²) in [6, 6.07) is 6.52. The smallest absolute Gasteiger partial charge is 0.254 e. The van der Waals surface area contributed by atoms with Gasteiger partial charge in [-0.2, -0.15) is 0 Å². The number of nitrogens with one attached hydrogen (secondary N) is 1. The highest BCUT2D eigenvalue weighted by Crippen LogP contribution is 2.31. The van der Waals surface area contributed by atoms with Crippen LogP contribution in [0.2, 0.25) is 0 Å². The molecule has 0 aromatic heterocycles. The molecule has 2 aromatic rings. The zero-order valence-electron chi connectivity index (χ0n) is 17.3. The van der Waals surface area contributed by atoms with Crippen molar-refractivity contribution in [3.63, 3.8) is 0 Å². The monoisotopic (exact) mass is 549 g/mol. The van der Waals surface area contributed by atoms with Crippen LogP contribution in [0, 0.1) is 15.2 Å². The van der Waals surface area contributed by atoms with Crippen molar-refractivity contribution in [1.82, 2.24) is 4.90 Å². The largest absolute Gasteiger partial charge is 0.492 e. The first-order valence-corrected chi connectivity index (χ1v) is 10.6. The number of nitrogens with zero attached hydrogens (tertiary/aromatic N) is 1. The first-order chi connectivity index (χ1) is 14.7. The van der Waals surface area contributed by atoms with Crippen molar-refractivity contribution in [2.24, 2.45) is 5.73 Å². The van der Waals surface area contributed by atoms with Crippen LogP contribution < -0.4 is 15.8 Å². The molecule has 0 aliphatic rings. The van der Waals surface area contributed by atoms with Crippen LogP contribution in [0.1, 0.15) is 16.8 Å². The fourth-order valence-corrected chi connectivity index (χ4v) is 3.33. The second kappa shape index (κ2) is 12.1. The number of methoxy groups -OCH3 is 1. The van der Waals surface area contributed by atoms with Crippen molar-refractivity contribution >= 4 is 39.9 Å². The number of halogens is 3. The predicted octanol–water partition coefficient (Wildman–Crippen LogP) is 3.12. The topological polar surface area (TPSA) is 97.1 Å². The zero-order valence-corrected chi connectivity index (χ0v) is 19.5. The Labute approximate surface area is 193 Å². The lowest BCUT2D eigenvalue weighted by molar-refractivity contribution is 0.0864. The molecule has 2 aromatic carbocycles. The highest BCUT2D eigenvalue weighted by atomic mass is 127. The van der Waals surface area contributed by atoms with Gasteiger partial charge in [-0.15, -0.1) is 0 Å². The van der Waals surface area contributed by atoms with Crippen LogP contribution >= 0.6 is 22.6 Å². The SMILES string of the molecule is COCCN(C)C[C@H](O)CCOc1cc(F)cc(Nc2ccc(I)cc2F)c1C(N)=O. The quantitative estimate of drug-likeness (QED) is 0.353. The molecule has 1 atom stereocenters. The van der Waals surface area contributed by atoms with Gasteiger partial charge in [0.25, 0.3) is 5.91 Å². The molecular formula is C21H26F2IN3O4. The summed E-state index contributed by atoms with van der Waals surface area (Å²) in [7, 11) is 3.45. The summed E-state index contributed by atoms with van der Waals surface area (Å²) in [5.41, 5.74) is 5.43. The maximum Gasteiger partial charge on any atom is 0.254 e. The van der Waals surface area contributed by atoms with Gasteiger partial charge in [0.15, 0.2) is 0 Å². The third kappa shape index (κ3) is 7.87. The Bertz CT molecular complexity index is 901. The lowest BCUT2D eigenvalue weighted by atomic mass is 10.1. The molecule has 170 valence electrons. The summed E-state index contributed by atoms with van der Waals surface area (Å²) < 4.78 is 39.6. The van der Waals surface area contributed by atoms with E-state index in [1.807, 2.05) is 34.5 Å². The van der Waals surface area contributed by atoms with Crippen LogP contribution in [-0.4, -0.2) is 62.5 Å². The number of aliphatic hydroxyl groups excluding tert-OH is 1. The molecule has 1 amide bonds. The number of carbonyl (C=O) groups excluding carboxylic acids is 1. The standard InChI is InChI=1S/C21H26F2IN3O4/c1-27(6-8-30-2)12-15(28)5-7-31-19-10-13(22)9-18(20(19)21(25)29)26-17-4-3-14(24)11-16(17)23/h3-4,9-11,15,26,28H,5-8,12H2,1-2H3,(H2,25,29)/t15-/m1/s1. The lowest BCUT2D eigenvalue weighted by Gasteiger charge is -2.20. The average Bonchev–Trinajstić information content (AvgIpc) is 2.68. The number of carbonyl (C=O) groups is 1. The Morgan fingerprint density at radius 2 is 2.00 bits per heavy atom. The Hall–Kier alpha value is -2.02. The molecule has 0 bridgehead atoms. The van der Waals surface area contributed by atoms with Gasteiger partial charge >= 0.3 is 0 Å². The normalized spacial score (nSPS) is 12.1. The number of benzene rings is 2. The van der Waals surface area contributed by atoms with E-state index in [1.54, 1.807) is 13.2 Å². The van der Waals surface area contributed by atoms with Gasteiger partial charge in [0.1, 0.15) is 22.9 Å². The van der Waals surface area contributed by atoms with E-state index in [0.717, 1.165) is 12.1 Å². The van der Waals surface area contributed by atoms with Crippen LogP contribution in [0.5, 0.6) is 5.75 Å². The molecule has 0 unspecified atom stereocenters. The fourth-order valence-electron chi connectivity index (χ4n) is 2.88. The molecule has 0 saturated heterocycles. The van der Waals surface area contributed by atoms with Crippen molar-refractivity contribution in [3.05, 3.63) is 51.1 Å². The van der Waals surface area contributed by atoms with E-state index in [4.69, 9.17) is 15.2 Å². The van der Waals surface area contributed by atoms with Crippen molar-refractivity contribution < 1.29 is 28.2 Å². The highest BCUT2D eigenvalue weighted by molar-refractivity contribution is 14.1. The van der Waals surface area contributed by atoms with Gasteiger partial charge in [0, 0.05) is 36.3 Å². The highest BCUT2D eigenvalue weighted by Gasteiger charge is 2.19. The minimum Gasteiger partial charge on any atom is -0.492 e. The molecule has 4 N–H and O–H groups in total. The Morgan fingerprint density at radius 3 is 2.65 bits per heavy atom. The van der Waals surface area contributed by atoms with Crippen molar-refractivity contribution in [2.75, 3.05) is 45.8 Å². The van der Waals surface area contributed by atoms with Gasteiger partial charge in [-0.05, 0) is 53.9 Å². The molecule has 0 heterocycles. The average molecular weight is 549 g/mol. The summed E-state index contributed by atoms with van der Waals surface area (Å²) >= 11 is 1.96. The third-order valence-electron chi connectivity index (χ3n) is 4.42. The molecule has 31 heavy (non-hydrogen) atoms. The maximum atomic E-state index is 14.2. The van der Waals surface area contributed by atoms with Crippen molar-refractivity contribution in [3.8, 4) is 5.75 Å². The van der Waals surface area contributed by atoms with Crippen LogP contribution in [0.15, 0.2) is 30.3 Å². The molecule has 0 radical (unpaired) electrons. The molecule has 0 spiro atoms. The van der Waals surface area contributed by atoms with E-state index in [0.29, 0.717) is 23.3 Å². The Balaban J connectivity index is 2.12. The summed E-state index contributed by atoms with van der Waals surface area (Å²) in [6.45, 7) is 1.63. The number of hydrogen-bond donors (Lipinski definition) is 3. The number of amides is 1. The van der Waals surface area contributed by atoms with Crippen LogP contribution in [0.3, 0.4) is 0 Å². The van der Waals surface area contributed by atoms with Crippen molar-refractivity contribution in [2.45, 2.75) is 12.5 Å². The minimum absolute atomic E-state index is 0.0116. The summed E-state index contributed by atoms with van der Waals surface area (Å²) in [5.74, 6) is -2.19. The molecule has 0 aliphatic heterocycles. The van der Waals surface area contributed by atoms with E-state index < -0.39 is 23.6 Å². The Kier molecular flexibility index (Phi) is 9.88. The molecule has 2 rings (SSSR count). The van der Waals surface area contributed by atoms with Gasteiger partial charge in [-0.1, -0.05) is 0 Å². The van der Waals surface area contributed by atoms with E-state index in [9.17, 15) is 18.7 Å². The number of rotatable bonds is 12. The van der Waals surface area contributed by atoms with E-state index >= 15 is 0 Å². The second-order valence-electron chi connectivity index (χ2n) is 6.99. The van der Waals surface area contributed by atoms with Gasteiger partial charge in [0.05, 0.1) is 30.7 Å². The van der Waals surface area contributed by atoms with E-state index in [2.05, 4.69) is 5.32 Å². The minimum atomic E-state index is -0.858. The molecule has 0 saturated carbocycles. The first-order valence-electron chi connectivity index (χ1n) is 9.55. The van der Waals surface area contributed by atoms with E-state index in [1.165, 1.54) is 12.1 Å². The third-order valence-corrected chi connectivity index (χ3v) is 5.09.